The van der Waals surface area contributed by atoms with Crippen molar-refractivity contribution < 1.29 is 14.3 Å². The van der Waals surface area contributed by atoms with Crippen LogP contribution in [0.1, 0.15) is 47.3 Å². The molecule has 0 spiro atoms. The molecule has 1 atom stereocenters. The van der Waals surface area contributed by atoms with E-state index < -0.39 is 0 Å². The summed E-state index contributed by atoms with van der Waals surface area (Å²) in [6.45, 7) is 4.16. The molecule has 0 saturated carbocycles. The molecule has 8 nitrogen and oxygen atoms in total. The summed E-state index contributed by atoms with van der Waals surface area (Å²) in [5.74, 6) is 2.08. The minimum atomic E-state index is -0.252. The Morgan fingerprint density at radius 2 is 1.88 bits per heavy atom. The fourth-order valence-corrected chi connectivity index (χ4v) is 4.61. The van der Waals surface area contributed by atoms with Crippen molar-refractivity contribution in [2.75, 3.05) is 14.2 Å². The number of aromatic amines is 1. The number of rotatable bonds is 6. The molecule has 5 rings (SSSR count). The van der Waals surface area contributed by atoms with E-state index in [2.05, 4.69) is 29.4 Å². The molecule has 0 aliphatic heterocycles. The van der Waals surface area contributed by atoms with Crippen LogP contribution in [-0.4, -0.2) is 39.9 Å². The predicted octanol–water partition coefficient (Wildman–Crippen LogP) is 4.01. The topological polar surface area (TPSA) is 94.1 Å². The van der Waals surface area contributed by atoms with Crippen LogP contribution in [0.15, 0.2) is 36.4 Å². The first-order chi connectivity index (χ1) is 15.9. The van der Waals surface area contributed by atoms with Crippen LogP contribution in [0.5, 0.6) is 11.5 Å². The lowest BCUT2D eigenvalue weighted by molar-refractivity contribution is 0.0916. The highest BCUT2D eigenvalue weighted by atomic mass is 16.5. The zero-order chi connectivity index (χ0) is 23.3. The quantitative estimate of drug-likeness (QED) is 0.412. The summed E-state index contributed by atoms with van der Waals surface area (Å²) in [5.41, 5.74) is 6.09. The second kappa shape index (κ2) is 7.95. The van der Waals surface area contributed by atoms with E-state index in [0.29, 0.717) is 23.6 Å². The number of aromatic nitrogens is 4. The Bertz CT molecular complexity index is 1370. The molecule has 170 valence electrons. The molecule has 1 amide bonds. The highest BCUT2D eigenvalue weighted by molar-refractivity contribution is 5.97. The lowest BCUT2D eigenvalue weighted by atomic mass is 10.0. The van der Waals surface area contributed by atoms with Gasteiger partial charge in [0.1, 0.15) is 11.5 Å². The van der Waals surface area contributed by atoms with Gasteiger partial charge in [0.05, 0.1) is 37.0 Å². The number of nitrogens with one attached hydrogen (secondary N) is 2. The molecule has 0 bridgehead atoms. The molecule has 33 heavy (non-hydrogen) atoms. The number of nitrogens with zero attached hydrogens (tertiary/aromatic N) is 3. The maximum atomic E-state index is 13.4. The van der Waals surface area contributed by atoms with Gasteiger partial charge in [-0.25, -0.2) is 4.98 Å². The number of methoxy groups -OCH3 is 2. The Morgan fingerprint density at radius 3 is 2.58 bits per heavy atom. The second-order valence-corrected chi connectivity index (χ2v) is 8.68. The van der Waals surface area contributed by atoms with E-state index in [1.165, 1.54) is 0 Å². The Morgan fingerprint density at radius 1 is 1.15 bits per heavy atom. The summed E-state index contributed by atoms with van der Waals surface area (Å²) in [4.78, 5) is 18.2. The van der Waals surface area contributed by atoms with Crippen molar-refractivity contribution in [3.63, 3.8) is 0 Å². The predicted molar refractivity (Wildman–Crippen MR) is 126 cm³/mol. The number of H-pyrrole nitrogens is 1. The van der Waals surface area contributed by atoms with Crippen molar-refractivity contribution in [2.24, 2.45) is 13.0 Å². The normalized spacial score (nSPS) is 13.2. The highest BCUT2D eigenvalue weighted by Crippen LogP contribution is 2.42. The van der Waals surface area contributed by atoms with Crippen LogP contribution < -0.4 is 14.8 Å². The summed E-state index contributed by atoms with van der Waals surface area (Å²) in [6, 6.07) is 11.6. The third-order valence-corrected chi connectivity index (χ3v) is 6.38. The average molecular weight is 446 g/mol. The van der Waals surface area contributed by atoms with E-state index in [-0.39, 0.29) is 17.9 Å². The van der Waals surface area contributed by atoms with Gasteiger partial charge in [-0.2, -0.15) is 5.10 Å². The molecule has 0 unspecified atom stereocenters. The molecule has 2 aromatic carbocycles. The van der Waals surface area contributed by atoms with Crippen LogP contribution in [0.2, 0.25) is 0 Å². The number of amides is 1. The maximum absolute atomic E-state index is 13.4. The first-order valence-electron chi connectivity index (χ1n) is 11.0. The number of aryl methyl sites for hydroxylation is 1. The van der Waals surface area contributed by atoms with Gasteiger partial charge in [0.25, 0.3) is 5.91 Å². The molecular weight excluding hydrogens is 418 g/mol. The van der Waals surface area contributed by atoms with Crippen LogP contribution in [0.3, 0.4) is 0 Å². The average Bonchev–Trinajstić information content (AvgIpc) is 3.48. The van der Waals surface area contributed by atoms with Gasteiger partial charge < -0.3 is 19.4 Å². The summed E-state index contributed by atoms with van der Waals surface area (Å²) in [7, 11) is 5.21. The van der Waals surface area contributed by atoms with Crippen molar-refractivity contribution in [1.29, 1.82) is 0 Å². The van der Waals surface area contributed by atoms with E-state index in [4.69, 9.17) is 14.5 Å². The van der Waals surface area contributed by atoms with Crippen LogP contribution in [0, 0.1) is 5.92 Å². The number of imidazole rings is 1. The Labute approximate surface area is 191 Å². The standard InChI is InChI=1S/C25H27N5O3/c1-13(2)21(24-26-17-8-6-7-9-18(17)30(24)3)27-25(31)23-16-10-14-11-19(32-4)20(33-5)12-15(14)22(16)28-29-23/h6-9,11-13,21H,10H2,1-5H3,(H,27,31)(H,28,29)/t21-/m1/s1. The first-order valence-corrected chi connectivity index (χ1v) is 11.0. The van der Waals surface area contributed by atoms with E-state index in [1.54, 1.807) is 14.2 Å². The lowest BCUT2D eigenvalue weighted by Gasteiger charge is -2.22. The van der Waals surface area contributed by atoms with Gasteiger partial charge in [-0.05, 0) is 35.7 Å². The third kappa shape index (κ3) is 3.33. The monoisotopic (exact) mass is 445 g/mol. The van der Waals surface area contributed by atoms with Gasteiger partial charge in [0, 0.05) is 24.6 Å². The van der Waals surface area contributed by atoms with Gasteiger partial charge >= 0.3 is 0 Å². The fraction of sp³-hybridized carbons (Fsp3) is 0.320. The summed E-state index contributed by atoms with van der Waals surface area (Å²) in [5, 5.41) is 10.6. The largest absolute Gasteiger partial charge is 0.493 e. The van der Waals surface area contributed by atoms with Gasteiger partial charge in [-0.15, -0.1) is 0 Å². The molecule has 0 radical (unpaired) electrons. The van der Waals surface area contributed by atoms with E-state index in [9.17, 15) is 4.79 Å². The van der Waals surface area contributed by atoms with Crippen LogP contribution >= 0.6 is 0 Å². The van der Waals surface area contributed by atoms with Crippen LogP contribution in [-0.2, 0) is 13.5 Å². The van der Waals surface area contributed by atoms with Crippen molar-refractivity contribution in [1.82, 2.24) is 25.1 Å². The van der Waals surface area contributed by atoms with Crippen molar-refractivity contribution in [3.8, 4) is 22.8 Å². The minimum Gasteiger partial charge on any atom is -0.493 e. The molecular formula is C25H27N5O3. The summed E-state index contributed by atoms with van der Waals surface area (Å²) in [6.07, 6.45) is 0.600. The number of ether oxygens (including phenoxy) is 2. The Balaban J connectivity index is 1.47. The third-order valence-electron chi connectivity index (χ3n) is 6.38. The summed E-state index contributed by atoms with van der Waals surface area (Å²) < 4.78 is 12.9. The number of fused-ring (bicyclic) bond motifs is 4. The molecule has 1 aliphatic rings. The molecule has 8 heteroatoms. The van der Waals surface area contributed by atoms with Crippen LogP contribution in [0.4, 0.5) is 0 Å². The smallest absolute Gasteiger partial charge is 0.270 e. The van der Waals surface area contributed by atoms with Crippen molar-refractivity contribution in [3.05, 3.63) is 59.0 Å². The van der Waals surface area contributed by atoms with Gasteiger partial charge in [0.2, 0.25) is 0 Å². The second-order valence-electron chi connectivity index (χ2n) is 8.68. The molecule has 2 N–H and O–H groups in total. The molecule has 4 aromatic rings. The number of hydrogen-bond acceptors (Lipinski definition) is 5. The first kappa shape index (κ1) is 21.1. The number of hydrogen-bond donors (Lipinski definition) is 2. The highest BCUT2D eigenvalue weighted by Gasteiger charge is 2.31. The van der Waals surface area contributed by atoms with Gasteiger partial charge in [-0.3, -0.25) is 9.89 Å². The molecule has 1 aliphatic carbocycles. The van der Waals surface area contributed by atoms with E-state index in [1.807, 2.05) is 48.0 Å². The lowest BCUT2D eigenvalue weighted by Crippen LogP contribution is -2.34. The number of para-hydroxylation sites is 2. The van der Waals surface area contributed by atoms with Gasteiger partial charge in [0.15, 0.2) is 11.5 Å². The van der Waals surface area contributed by atoms with E-state index >= 15 is 0 Å². The van der Waals surface area contributed by atoms with Gasteiger partial charge in [-0.1, -0.05) is 26.0 Å². The molecule has 2 heterocycles. The summed E-state index contributed by atoms with van der Waals surface area (Å²) >= 11 is 0. The Kier molecular flexibility index (Phi) is 5.08. The number of carbonyl (C=O) groups is 1. The van der Waals surface area contributed by atoms with Crippen LogP contribution in [0.25, 0.3) is 22.3 Å². The number of benzene rings is 2. The molecule has 0 saturated heterocycles. The molecule has 0 fully saturated rings. The minimum absolute atomic E-state index is 0.145. The zero-order valence-corrected chi connectivity index (χ0v) is 19.4. The van der Waals surface area contributed by atoms with Crippen molar-refractivity contribution in [2.45, 2.75) is 26.3 Å². The fourth-order valence-electron chi connectivity index (χ4n) is 4.61. The zero-order valence-electron chi connectivity index (χ0n) is 19.4. The van der Waals surface area contributed by atoms with E-state index in [0.717, 1.165) is 39.2 Å². The molecule has 2 aromatic heterocycles. The Hall–Kier alpha value is -3.81. The number of carbonyl (C=O) groups excluding carboxylic acids is 1. The maximum Gasteiger partial charge on any atom is 0.270 e. The van der Waals surface area contributed by atoms with Crippen molar-refractivity contribution >= 4 is 16.9 Å². The SMILES string of the molecule is COc1cc2c(cc1OC)-c1n[nH]c(C(=O)N[C@@H](c3nc4ccccc4n3C)C(C)C)c1C2.